The van der Waals surface area contributed by atoms with Gasteiger partial charge in [-0.05, 0) is 31.6 Å². The van der Waals surface area contributed by atoms with Crippen LogP contribution in [0.5, 0.6) is 5.75 Å². The van der Waals surface area contributed by atoms with E-state index in [-0.39, 0.29) is 0 Å². The Labute approximate surface area is 96.4 Å². The van der Waals surface area contributed by atoms with Gasteiger partial charge in [0, 0.05) is 25.2 Å². The van der Waals surface area contributed by atoms with Crippen LogP contribution in [0.2, 0.25) is 0 Å². The fourth-order valence-corrected chi connectivity index (χ4v) is 2.57. The quantitative estimate of drug-likeness (QED) is 0.811. The lowest BCUT2D eigenvalue weighted by atomic mass is 10.1. The van der Waals surface area contributed by atoms with E-state index in [0.717, 1.165) is 38.3 Å². The van der Waals surface area contributed by atoms with Crippen LogP contribution in [0.4, 0.5) is 0 Å². The van der Waals surface area contributed by atoms with Crippen molar-refractivity contribution in [2.45, 2.75) is 25.6 Å². The topological polar surface area (TPSA) is 24.5 Å². The second-order valence-electron chi connectivity index (χ2n) is 4.80. The van der Waals surface area contributed by atoms with Gasteiger partial charge >= 0.3 is 0 Å². The number of benzene rings is 1. The number of nitrogens with zero attached hydrogens (tertiary/aromatic N) is 1. The first-order valence-corrected chi connectivity index (χ1v) is 5.99. The number of hydrogen-bond donors (Lipinski definition) is 1. The maximum atomic E-state index is 6.08. The van der Waals surface area contributed by atoms with E-state index in [4.69, 9.17) is 4.74 Å². The number of hydrogen-bond acceptors (Lipinski definition) is 3. The smallest absolute Gasteiger partial charge is 0.124 e. The number of nitrogens with one attached hydrogen (secondary N) is 1. The van der Waals surface area contributed by atoms with Crippen molar-refractivity contribution in [3.05, 3.63) is 29.3 Å². The summed E-state index contributed by atoms with van der Waals surface area (Å²) in [6, 6.07) is 6.42. The summed E-state index contributed by atoms with van der Waals surface area (Å²) < 4.78 is 6.08. The molecule has 3 heteroatoms. The highest BCUT2D eigenvalue weighted by atomic mass is 16.5. The molecule has 0 bridgehead atoms. The lowest BCUT2D eigenvalue weighted by Crippen LogP contribution is -2.20. The summed E-state index contributed by atoms with van der Waals surface area (Å²) in [5.74, 6) is 1.09. The van der Waals surface area contributed by atoms with Crippen LogP contribution < -0.4 is 10.1 Å². The van der Waals surface area contributed by atoms with Gasteiger partial charge in [-0.15, -0.1) is 0 Å². The van der Waals surface area contributed by atoms with Crippen molar-refractivity contribution in [1.82, 2.24) is 10.2 Å². The predicted octanol–water partition coefficient (Wildman–Crippen LogP) is 1.37. The summed E-state index contributed by atoms with van der Waals surface area (Å²) in [5.41, 5.74) is 2.81. The number of fused-ring (bicyclic) bond motifs is 1. The molecule has 0 spiro atoms. The molecular weight excluding hydrogens is 200 g/mol. The molecule has 0 radical (unpaired) electrons. The molecule has 2 aliphatic heterocycles. The maximum Gasteiger partial charge on any atom is 0.124 e. The van der Waals surface area contributed by atoms with Crippen LogP contribution in [-0.4, -0.2) is 31.1 Å². The molecule has 0 aliphatic carbocycles. The first kappa shape index (κ1) is 10.1. The van der Waals surface area contributed by atoms with E-state index >= 15 is 0 Å². The van der Waals surface area contributed by atoms with Gasteiger partial charge in [0.1, 0.15) is 11.9 Å². The maximum absolute atomic E-state index is 6.08. The van der Waals surface area contributed by atoms with E-state index in [9.17, 15) is 0 Å². The Kier molecular flexibility index (Phi) is 2.58. The van der Waals surface area contributed by atoms with Gasteiger partial charge in [-0.3, -0.25) is 4.90 Å². The van der Waals surface area contributed by atoms with Gasteiger partial charge in [-0.25, -0.2) is 0 Å². The van der Waals surface area contributed by atoms with Crippen molar-refractivity contribution in [3.63, 3.8) is 0 Å². The third-order valence-corrected chi connectivity index (χ3v) is 3.41. The summed E-state index contributed by atoms with van der Waals surface area (Å²) in [5, 5.41) is 3.33. The zero-order valence-corrected chi connectivity index (χ0v) is 9.70. The average molecular weight is 218 g/mol. The molecule has 16 heavy (non-hydrogen) atoms. The normalized spacial score (nSPS) is 24.7. The van der Waals surface area contributed by atoms with Crippen molar-refractivity contribution in [3.8, 4) is 5.75 Å². The Morgan fingerprint density at radius 3 is 3.12 bits per heavy atom. The van der Waals surface area contributed by atoms with Crippen LogP contribution in [0, 0.1) is 0 Å². The second kappa shape index (κ2) is 4.07. The molecular formula is C13H18N2O. The summed E-state index contributed by atoms with van der Waals surface area (Å²) in [4.78, 5) is 2.32. The molecule has 3 rings (SSSR count). The van der Waals surface area contributed by atoms with Crippen LogP contribution in [0.1, 0.15) is 17.5 Å². The molecule has 1 saturated heterocycles. The summed E-state index contributed by atoms with van der Waals surface area (Å²) in [7, 11) is 2.15. The Bertz CT molecular complexity index is 386. The van der Waals surface area contributed by atoms with Crippen molar-refractivity contribution in [2.24, 2.45) is 0 Å². The molecule has 2 heterocycles. The molecule has 1 fully saturated rings. The fourth-order valence-electron chi connectivity index (χ4n) is 2.57. The van der Waals surface area contributed by atoms with Crippen molar-refractivity contribution < 1.29 is 4.74 Å². The van der Waals surface area contributed by atoms with Gasteiger partial charge in [0.2, 0.25) is 0 Å². The van der Waals surface area contributed by atoms with E-state index in [1.807, 2.05) is 0 Å². The minimum atomic E-state index is 0.359. The molecule has 1 aromatic rings. The molecule has 0 saturated carbocycles. The highest BCUT2D eigenvalue weighted by Crippen LogP contribution is 2.31. The monoisotopic (exact) mass is 218 g/mol. The Hall–Kier alpha value is -1.06. The summed E-state index contributed by atoms with van der Waals surface area (Å²) >= 11 is 0. The van der Waals surface area contributed by atoms with Crippen LogP contribution in [0.15, 0.2) is 18.2 Å². The third-order valence-electron chi connectivity index (χ3n) is 3.41. The van der Waals surface area contributed by atoms with E-state index < -0.39 is 0 Å². The van der Waals surface area contributed by atoms with Gasteiger partial charge in [-0.2, -0.15) is 0 Å². The molecule has 0 amide bonds. The first-order valence-electron chi connectivity index (χ1n) is 5.99. The van der Waals surface area contributed by atoms with E-state index in [1.54, 1.807) is 0 Å². The molecule has 1 N–H and O–H groups in total. The van der Waals surface area contributed by atoms with Gasteiger partial charge in [0.25, 0.3) is 0 Å². The second-order valence-corrected chi connectivity index (χ2v) is 4.80. The molecule has 0 aromatic heterocycles. The van der Waals surface area contributed by atoms with Gasteiger partial charge in [0.15, 0.2) is 0 Å². The van der Waals surface area contributed by atoms with Crippen molar-refractivity contribution in [1.29, 1.82) is 0 Å². The molecule has 3 nitrogen and oxygen atoms in total. The molecule has 1 aromatic carbocycles. The zero-order valence-electron chi connectivity index (χ0n) is 9.70. The highest BCUT2D eigenvalue weighted by molar-refractivity contribution is 5.42. The standard InChI is InChI=1S/C13H18N2O/c1-15-8-10-3-2-4-13(12(10)9-15)16-11-5-6-14-7-11/h2-4,11,14H,5-9H2,1H3. The van der Waals surface area contributed by atoms with Crippen LogP contribution in [0.3, 0.4) is 0 Å². The van der Waals surface area contributed by atoms with Crippen LogP contribution >= 0.6 is 0 Å². The SMILES string of the molecule is CN1Cc2cccc(OC3CCNC3)c2C1. The van der Waals surface area contributed by atoms with Gasteiger partial charge in [0.05, 0.1) is 0 Å². The van der Waals surface area contributed by atoms with Gasteiger partial charge in [-0.1, -0.05) is 12.1 Å². The minimum absolute atomic E-state index is 0.359. The lowest BCUT2D eigenvalue weighted by Gasteiger charge is -2.15. The fraction of sp³-hybridized carbons (Fsp3) is 0.538. The summed E-state index contributed by atoms with van der Waals surface area (Å²) in [6.45, 7) is 4.14. The average Bonchev–Trinajstić information content (AvgIpc) is 2.86. The van der Waals surface area contributed by atoms with Crippen LogP contribution in [0.25, 0.3) is 0 Å². The zero-order chi connectivity index (χ0) is 11.0. The Balaban J connectivity index is 1.82. The number of rotatable bonds is 2. The largest absolute Gasteiger partial charge is 0.489 e. The van der Waals surface area contributed by atoms with E-state index in [1.165, 1.54) is 11.1 Å². The number of ether oxygens (including phenoxy) is 1. The van der Waals surface area contributed by atoms with Crippen molar-refractivity contribution in [2.75, 3.05) is 20.1 Å². The Morgan fingerprint density at radius 2 is 2.31 bits per heavy atom. The van der Waals surface area contributed by atoms with Crippen molar-refractivity contribution >= 4 is 0 Å². The molecule has 86 valence electrons. The molecule has 1 atom stereocenters. The van der Waals surface area contributed by atoms with E-state index in [0.29, 0.717) is 6.10 Å². The highest BCUT2D eigenvalue weighted by Gasteiger charge is 2.22. The predicted molar refractivity (Wildman–Crippen MR) is 63.5 cm³/mol. The molecule has 2 aliphatic rings. The lowest BCUT2D eigenvalue weighted by molar-refractivity contribution is 0.219. The third kappa shape index (κ3) is 1.81. The minimum Gasteiger partial charge on any atom is -0.489 e. The van der Waals surface area contributed by atoms with Gasteiger partial charge < -0.3 is 10.1 Å². The summed E-state index contributed by atoms with van der Waals surface area (Å²) in [6.07, 6.45) is 1.48. The van der Waals surface area contributed by atoms with Crippen LogP contribution in [-0.2, 0) is 13.1 Å². The first-order chi connectivity index (χ1) is 7.83. The Morgan fingerprint density at radius 1 is 1.38 bits per heavy atom. The molecule has 1 unspecified atom stereocenters. The van der Waals surface area contributed by atoms with E-state index in [2.05, 4.69) is 35.5 Å².